The van der Waals surface area contributed by atoms with Crippen molar-refractivity contribution in [2.24, 2.45) is 11.3 Å². The second-order valence-corrected chi connectivity index (χ2v) is 8.82. The van der Waals surface area contributed by atoms with Gasteiger partial charge in [-0.15, -0.1) is 10.2 Å². The first kappa shape index (κ1) is 20.5. The highest BCUT2D eigenvalue weighted by Crippen LogP contribution is 2.72. The summed E-state index contributed by atoms with van der Waals surface area (Å²) in [6.45, 7) is 13.0. The molecule has 1 saturated carbocycles. The lowest BCUT2D eigenvalue weighted by atomic mass is 9.82. The number of hydrogen-bond donors (Lipinski definition) is 0. The monoisotopic (exact) mass is 403 g/mol. The molecule has 1 heterocycles. The lowest BCUT2D eigenvalue weighted by Gasteiger charge is -2.23. The first-order chi connectivity index (χ1) is 14.3. The van der Waals surface area contributed by atoms with E-state index < -0.39 is 0 Å². The summed E-state index contributed by atoms with van der Waals surface area (Å²) in [6, 6.07) is 11.3. The van der Waals surface area contributed by atoms with E-state index in [9.17, 15) is 4.39 Å². The Morgan fingerprint density at radius 2 is 1.87 bits per heavy atom. The van der Waals surface area contributed by atoms with Gasteiger partial charge in [0.15, 0.2) is 5.82 Å². The second-order valence-electron chi connectivity index (χ2n) is 8.82. The Hall–Kier alpha value is -2.75. The number of benzene rings is 2. The molecule has 0 aliphatic heterocycles. The van der Waals surface area contributed by atoms with Crippen LogP contribution in [-0.4, -0.2) is 14.8 Å². The van der Waals surface area contributed by atoms with Crippen molar-refractivity contribution in [1.82, 2.24) is 14.8 Å². The molecule has 3 aromatic rings. The summed E-state index contributed by atoms with van der Waals surface area (Å²) in [5, 5.41) is 8.75. The maximum atomic E-state index is 14.6. The van der Waals surface area contributed by atoms with Crippen LogP contribution >= 0.6 is 0 Å². The highest BCUT2D eigenvalue weighted by molar-refractivity contribution is 5.69. The predicted octanol–water partition coefficient (Wildman–Crippen LogP) is 6.57. The van der Waals surface area contributed by atoms with E-state index in [2.05, 4.69) is 75.2 Å². The molecule has 0 N–H and O–H groups in total. The van der Waals surface area contributed by atoms with Gasteiger partial charge in [0.2, 0.25) is 0 Å². The van der Waals surface area contributed by atoms with Crippen molar-refractivity contribution in [3.63, 3.8) is 0 Å². The van der Waals surface area contributed by atoms with Crippen LogP contribution in [-0.2, 0) is 5.41 Å². The summed E-state index contributed by atoms with van der Waals surface area (Å²) >= 11 is 0. The molecular weight excluding hydrogens is 373 g/mol. The molecule has 3 nitrogen and oxygen atoms in total. The maximum absolute atomic E-state index is 14.6. The number of aromatic nitrogens is 3. The molecule has 4 heteroatoms. The van der Waals surface area contributed by atoms with E-state index in [4.69, 9.17) is 0 Å². The smallest absolute Gasteiger partial charge is 0.168 e. The van der Waals surface area contributed by atoms with Crippen LogP contribution in [0, 0.1) is 31.0 Å². The minimum Gasteiger partial charge on any atom is -0.281 e. The molecular formula is C26H30FN3. The van der Waals surface area contributed by atoms with Crippen LogP contribution in [0.25, 0.3) is 17.1 Å². The highest BCUT2D eigenvalue weighted by Gasteiger charge is 2.69. The van der Waals surface area contributed by atoms with Crippen molar-refractivity contribution in [1.29, 1.82) is 0 Å². The van der Waals surface area contributed by atoms with Crippen LogP contribution < -0.4 is 0 Å². The lowest BCUT2D eigenvalue weighted by molar-refractivity contribution is 0.467. The van der Waals surface area contributed by atoms with Gasteiger partial charge in [-0.2, -0.15) is 0 Å². The average Bonchev–Trinajstić information content (AvgIpc) is 3.02. The quantitative estimate of drug-likeness (QED) is 0.451. The molecule has 4 rings (SSSR count). The zero-order valence-electron chi connectivity index (χ0n) is 18.7. The van der Waals surface area contributed by atoms with Gasteiger partial charge in [-0.3, -0.25) is 4.57 Å². The van der Waals surface area contributed by atoms with Crippen molar-refractivity contribution in [2.45, 2.75) is 53.4 Å². The third-order valence-corrected chi connectivity index (χ3v) is 7.56. The summed E-state index contributed by atoms with van der Waals surface area (Å²) in [7, 11) is 0. The zero-order chi connectivity index (χ0) is 21.7. The lowest BCUT2D eigenvalue weighted by Crippen LogP contribution is -2.16. The number of rotatable bonds is 5. The summed E-state index contributed by atoms with van der Waals surface area (Å²) in [4.78, 5) is 0. The van der Waals surface area contributed by atoms with Gasteiger partial charge in [0, 0.05) is 11.0 Å². The SMILES string of the molecule is CC=CC1(c2cc(F)ccc2-c2nncn2-c2c(C)cccc2C)C(C)C1(C)CC. The Balaban J connectivity index is 1.99. The van der Waals surface area contributed by atoms with E-state index in [-0.39, 0.29) is 16.6 Å². The summed E-state index contributed by atoms with van der Waals surface area (Å²) in [5.41, 5.74) is 5.19. The van der Waals surface area contributed by atoms with Crippen molar-refractivity contribution in [3.8, 4) is 17.1 Å². The van der Waals surface area contributed by atoms with Gasteiger partial charge < -0.3 is 0 Å². The average molecular weight is 404 g/mol. The molecule has 0 amide bonds. The number of halogens is 1. The molecule has 1 aliphatic rings. The number of allylic oxidation sites excluding steroid dienone is 2. The van der Waals surface area contributed by atoms with E-state index >= 15 is 0 Å². The van der Waals surface area contributed by atoms with Crippen LogP contribution in [0.2, 0.25) is 0 Å². The van der Waals surface area contributed by atoms with Gasteiger partial charge in [-0.25, -0.2) is 4.39 Å². The van der Waals surface area contributed by atoms with Crippen LogP contribution in [0.5, 0.6) is 0 Å². The molecule has 2 aromatic carbocycles. The minimum atomic E-state index is -0.217. The molecule has 30 heavy (non-hydrogen) atoms. The Kier molecular flexibility index (Phi) is 4.92. The second kappa shape index (κ2) is 7.19. The Morgan fingerprint density at radius 1 is 1.17 bits per heavy atom. The van der Waals surface area contributed by atoms with Gasteiger partial charge in [-0.05, 0) is 73.4 Å². The molecule has 1 aliphatic carbocycles. The molecule has 1 aromatic heterocycles. The molecule has 0 saturated heterocycles. The number of hydrogen-bond acceptors (Lipinski definition) is 2. The predicted molar refractivity (Wildman–Crippen MR) is 120 cm³/mol. The van der Waals surface area contributed by atoms with E-state index in [1.165, 1.54) is 6.07 Å². The molecule has 0 bridgehead atoms. The van der Waals surface area contributed by atoms with Gasteiger partial charge in [0.05, 0.1) is 5.69 Å². The summed E-state index contributed by atoms with van der Waals surface area (Å²) in [5.74, 6) is 0.945. The molecule has 3 atom stereocenters. The van der Waals surface area contributed by atoms with E-state index in [1.807, 2.05) is 17.6 Å². The highest BCUT2D eigenvalue weighted by atomic mass is 19.1. The summed E-state index contributed by atoms with van der Waals surface area (Å²) < 4.78 is 16.6. The van der Waals surface area contributed by atoms with E-state index in [0.29, 0.717) is 5.92 Å². The fourth-order valence-corrected chi connectivity index (χ4v) is 5.60. The fourth-order valence-electron chi connectivity index (χ4n) is 5.60. The third-order valence-electron chi connectivity index (χ3n) is 7.56. The normalized spacial score (nSPS) is 25.8. The van der Waals surface area contributed by atoms with Crippen LogP contribution in [0.15, 0.2) is 54.9 Å². The molecule has 0 radical (unpaired) electrons. The van der Waals surface area contributed by atoms with Crippen molar-refractivity contribution in [3.05, 3.63) is 77.4 Å². The molecule has 0 spiro atoms. The van der Waals surface area contributed by atoms with Gasteiger partial charge >= 0.3 is 0 Å². The molecule has 156 valence electrons. The largest absolute Gasteiger partial charge is 0.281 e. The summed E-state index contributed by atoms with van der Waals surface area (Å²) in [6.07, 6.45) is 7.15. The zero-order valence-corrected chi connectivity index (χ0v) is 18.7. The Labute approximate surface area is 178 Å². The Bertz CT molecular complexity index is 1110. The van der Waals surface area contributed by atoms with Crippen molar-refractivity contribution in [2.75, 3.05) is 0 Å². The molecule has 1 fully saturated rings. The van der Waals surface area contributed by atoms with Crippen LogP contribution in [0.3, 0.4) is 0 Å². The third kappa shape index (κ3) is 2.69. The van der Waals surface area contributed by atoms with Crippen LogP contribution in [0.1, 0.15) is 50.8 Å². The molecule has 3 unspecified atom stereocenters. The van der Waals surface area contributed by atoms with Crippen LogP contribution in [0.4, 0.5) is 4.39 Å². The number of nitrogens with zero attached hydrogens (tertiary/aromatic N) is 3. The Morgan fingerprint density at radius 3 is 2.47 bits per heavy atom. The van der Waals surface area contributed by atoms with Gasteiger partial charge in [0.25, 0.3) is 0 Å². The number of aryl methyl sites for hydroxylation is 2. The first-order valence-electron chi connectivity index (χ1n) is 10.7. The minimum absolute atomic E-state index is 0.0749. The topological polar surface area (TPSA) is 30.7 Å². The van der Waals surface area contributed by atoms with Gasteiger partial charge in [-0.1, -0.05) is 51.1 Å². The number of para-hydroxylation sites is 1. The fraction of sp³-hybridized carbons (Fsp3) is 0.385. The van der Waals surface area contributed by atoms with Crippen molar-refractivity contribution >= 4 is 0 Å². The van der Waals surface area contributed by atoms with Gasteiger partial charge in [0.1, 0.15) is 12.1 Å². The van der Waals surface area contributed by atoms with E-state index in [1.54, 1.807) is 12.4 Å². The first-order valence-corrected chi connectivity index (χ1v) is 10.7. The maximum Gasteiger partial charge on any atom is 0.168 e. The van der Waals surface area contributed by atoms with Crippen molar-refractivity contribution < 1.29 is 4.39 Å². The standard InChI is InChI=1S/C26H30FN3/c1-7-14-26(19(5)25(26,6)8-2)22-15-20(27)12-13-21(22)24-29-28-16-30(24)23-17(3)10-9-11-18(23)4/h7,9-16,19H,8H2,1-6H3. The van der Waals surface area contributed by atoms with E-state index in [0.717, 1.165) is 40.2 Å².